The number of nitrogens with zero attached hydrogens (tertiary/aromatic N) is 3. The molecule has 2 aromatic rings. The van der Waals surface area contributed by atoms with Crippen molar-refractivity contribution in [1.82, 2.24) is 4.90 Å². The van der Waals surface area contributed by atoms with E-state index in [1.165, 1.54) is 45.2 Å². The van der Waals surface area contributed by atoms with Crippen LogP contribution < -0.4 is 19.1 Å². The minimum atomic E-state index is -0.460. The number of thioether (sulfide) groups is 1. The molecule has 0 aliphatic carbocycles. The van der Waals surface area contributed by atoms with Crippen LogP contribution in [0.3, 0.4) is 0 Å². The summed E-state index contributed by atoms with van der Waals surface area (Å²) in [6, 6.07) is 11.9. The van der Waals surface area contributed by atoms with Crippen LogP contribution in [0.15, 0.2) is 47.0 Å². The Morgan fingerprint density at radius 2 is 1.72 bits per heavy atom. The summed E-state index contributed by atoms with van der Waals surface area (Å²) in [4.78, 5) is 16.8. The van der Waals surface area contributed by atoms with Gasteiger partial charge in [-0.2, -0.15) is 5.26 Å². The second-order valence-electron chi connectivity index (χ2n) is 7.29. The van der Waals surface area contributed by atoms with Crippen molar-refractivity contribution in [3.63, 3.8) is 0 Å². The van der Waals surface area contributed by atoms with Crippen molar-refractivity contribution >= 4 is 23.4 Å². The van der Waals surface area contributed by atoms with E-state index in [4.69, 9.17) is 14.2 Å². The molecule has 166 valence electrons. The predicted molar refractivity (Wildman–Crippen MR) is 119 cm³/mol. The molecule has 4 rings (SSSR count). The van der Waals surface area contributed by atoms with E-state index in [1.54, 1.807) is 29.2 Å². The molecule has 1 saturated heterocycles. The zero-order valence-electron chi connectivity index (χ0n) is 17.9. The van der Waals surface area contributed by atoms with Gasteiger partial charge in [0.15, 0.2) is 11.5 Å². The van der Waals surface area contributed by atoms with Crippen LogP contribution in [0, 0.1) is 17.1 Å². The Bertz CT molecular complexity index is 1110. The van der Waals surface area contributed by atoms with Gasteiger partial charge in [-0.3, -0.25) is 9.69 Å². The number of ether oxygens (including phenoxy) is 3. The summed E-state index contributed by atoms with van der Waals surface area (Å²) in [5.74, 6) is 1.19. The van der Waals surface area contributed by atoms with Crippen LogP contribution in [0.2, 0.25) is 0 Å². The highest BCUT2D eigenvalue weighted by Gasteiger charge is 2.39. The van der Waals surface area contributed by atoms with Crippen molar-refractivity contribution in [2.24, 2.45) is 0 Å². The molecule has 0 saturated carbocycles. The minimum Gasteiger partial charge on any atom is -0.496 e. The number of methoxy groups -OCH3 is 3. The number of hydrogen-bond acceptors (Lipinski definition) is 7. The van der Waals surface area contributed by atoms with Gasteiger partial charge in [0, 0.05) is 29.7 Å². The van der Waals surface area contributed by atoms with Gasteiger partial charge >= 0.3 is 0 Å². The van der Waals surface area contributed by atoms with Crippen molar-refractivity contribution in [2.45, 2.75) is 12.3 Å². The van der Waals surface area contributed by atoms with E-state index < -0.39 is 5.92 Å². The van der Waals surface area contributed by atoms with Gasteiger partial charge in [-0.1, -0.05) is 11.8 Å². The second kappa shape index (κ2) is 9.01. The molecule has 9 heteroatoms. The molecule has 1 amide bonds. The molecule has 2 heterocycles. The van der Waals surface area contributed by atoms with Crippen molar-refractivity contribution in [2.75, 3.05) is 38.8 Å². The molecule has 2 aromatic carbocycles. The van der Waals surface area contributed by atoms with E-state index >= 15 is 0 Å². The Balaban J connectivity index is 1.72. The van der Waals surface area contributed by atoms with Crippen molar-refractivity contribution in [3.05, 3.63) is 58.4 Å². The first-order valence-electron chi connectivity index (χ1n) is 9.88. The van der Waals surface area contributed by atoms with E-state index in [1.807, 2.05) is 4.90 Å². The van der Waals surface area contributed by atoms with E-state index in [2.05, 4.69) is 6.07 Å². The minimum absolute atomic E-state index is 0.0971. The van der Waals surface area contributed by atoms with Gasteiger partial charge in [-0.05, 0) is 30.3 Å². The van der Waals surface area contributed by atoms with Crippen LogP contribution in [-0.2, 0) is 4.79 Å². The number of carbonyl (C=O) groups excluding carboxylic acids is 1. The average Bonchev–Trinajstić information content (AvgIpc) is 2.83. The van der Waals surface area contributed by atoms with Crippen LogP contribution >= 0.6 is 11.8 Å². The molecule has 0 bridgehead atoms. The molecule has 32 heavy (non-hydrogen) atoms. The van der Waals surface area contributed by atoms with Gasteiger partial charge in [0.1, 0.15) is 11.6 Å². The van der Waals surface area contributed by atoms with Crippen molar-refractivity contribution in [1.29, 1.82) is 5.26 Å². The fourth-order valence-corrected chi connectivity index (χ4v) is 5.14. The van der Waals surface area contributed by atoms with Gasteiger partial charge in [0.05, 0.1) is 50.5 Å². The molecular formula is C23H22FN3O4S. The third-order valence-electron chi connectivity index (χ3n) is 5.60. The lowest BCUT2D eigenvalue weighted by Gasteiger charge is -2.42. The summed E-state index contributed by atoms with van der Waals surface area (Å²) in [5.41, 5.74) is 2.02. The number of rotatable bonds is 5. The van der Waals surface area contributed by atoms with E-state index in [-0.39, 0.29) is 18.1 Å². The maximum absolute atomic E-state index is 13.3. The number of hydrogen-bond donors (Lipinski definition) is 0. The zero-order valence-corrected chi connectivity index (χ0v) is 18.7. The SMILES string of the molecule is COc1cc(OC)c(C2CC(=O)N3CN(c4ccc(F)cc4)CSC3=C2C#N)cc1OC. The highest BCUT2D eigenvalue weighted by Crippen LogP contribution is 2.47. The summed E-state index contributed by atoms with van der Waals surface area (Å²) in [6.45, 7) is 0.299. The summed E-state index contributed by atoms with van der Waals surface area (Å²) in [5, 5.41) is 10.7. The van der Waals surface area contributed by atoms with Crippen LogP contribution in [0.25, 0.3) is 0 Å². The third-order valence-corrected chi connectivity index (χ3v) is 6.75. The quantitative estimate of drug-likeness (QED) is 0.673. The average molecular weight is 456 g/mol. The number of fused-ring (bicyclic) bond motifs is 1. The number of carbonyl (C=O) groups is 1. The van der Waals surface area contributed by atoms with Crippen LogP contribution in [0.5, 0.6) is 17.2 Å². The monoisotopic (exact) mass is 455 g/mol. The van der Waals surface area contributed by atoms with Gasteiger partial charge in [-0.25, -0.2) is 4.39 Å². The van der Waals surface area contributed by atoms with Crippen LogP contribution in [-0.4, -0.2) is 44.7 Å². The van der Waals surface area contributed by atoms with E-state index in [0.29, 0.717) is 46.0 Å². The molecule has 7 nitrogen and oxygen atoms in total. The summed E-state index contributed by atoms with van der Waals surface area (Å²) >= 11 is 1.42. The van der Waals surface area contributed by atoms with Gasteiger partial charge in [0.2, 0.25) is 5.91 Å². The highest BCUT2D eigenvalue weighted by molar-refractivity contribution is 8.03. The summed E-state index contributed by atoms with van der Waals surface area (Å²) in [7, 11) is 4.61. The zero-order chi connectivity index (χ0) is 22.8. The normalized spacial score (nSPS) is 18.2. The van der Waals surface area contributed by atoms with E-state index in [0.717, 1.165) is 5.69 Å². The highest BCUT2D eigenvalue weighted by atomic mass is 32.2. The molecule has 0 N–H and O–H groups in total. The summed E-state index contributed by atoms with van der Waals surface area (Å²) in [6.07, 6.45) is 0.121. The Hall–Kier alpha value is -3.38. The Morgan fingerprint density at radius 1 is 1.06 bits per heavy atom. The van der Waals surface area contributed by atoms with Crippen LogP contribution in [0.1, 0.15) is 17.9 Å². The number of halogens is 1. The fourth-order valence-electron chi connectivity index (χ4n) is 3.97. The number of benzene rings is 2. The molecule has 0 aromatic heterocycles. The predicted octanol–water partition coefficient (Wildman–Crippen LogP) is 4.07. The largest absolute Gasteiger partial charge is 0.496 e. The lowest BCUT2D eigenvalue weighted by molar-refractivity contribution is -0.129. The smallest absolute Gasteiger partial charge is 0.229 e. The van der Waals surface area contributed by atoms with Crippen molar-refractivity contribution in [3.8, 4) is 23.3 Å². The van der Waals surface area contributed by atoms with Crippen molar-refractivity contribution < 1.29 is 23.4 Å². The number of nitriles is 1. The number of amides is 1. The first kappa shape index (κ1) is 21.8. The standard InChI is InChI=1S/C23H22FN3O4S/c1-29-19-10-21(31-3)20(30-2)8-17(19)16-9-22(28)27-12-26(13-32-23(27)18(16)11-25)15-6-4-14(24)5-7-15/h4-8,10,16H,9,12-13H2,1-3H3. The first-order valence-corrected chi connectivity index (χ1v) is 10.9. The molecule has 1 atom stereocenters. The Labute approximate surface area is 190 Å². The maximum atomic E-state index is 13.3. The molecule has 0 spiro atoms. The molecule has 0 radical (unpaired) electrons. The molecular weight excluding hydrogens is 433 g/mol. The van der Waals surface area contributed by atoms with Gasteiger partial charge in [-0.15, -0.1) is 0 Å². The number of allylic oxidation sites excluding steroid dienone is 1. The lowest BCUT2D eigenvalue weighted by Crippen LogP contribution is -2.47. The van der Waals surface area contributed by atoms with Crippen LogP contribution in [0.4, 0.5) is 10.1 Å². The molecule has 2 aliphatic rings. The van der Waals surface area contributed by atoms with Gasteiger partial charge in [0.25, 0.3) is 0 Å². The Kier molecular flexibility index (Phi) is 6.15. The second-order valence-corrected chi connectivity index (χ2v) is 8.22. The third kappa shape index (κ3) is 3.82. The summed E-state index contributed by atoms with van der Waals surface area (Å²) < 4.78 is 29.6. The first-order chi connectivity index (χ1) is 15.5. The molecule has 2 aliphatic heterocycles. The molecule has 1 unspecified atom stereocenters. The van der Waals surface area contributed by atoms with E-state index in [9.17, 15) is 14.4 Å². The Morgan fingerprint density at radius 3 is 2.34 bits per heavy atom. The number of anilines is 1. The molecule has 1 fully saturated rings. The maximum Gasteiger partial charge on any atom is 0.229 e. The lowest BCUT2D eigenvalue weighted by atomic mass is 9.85. The fraction of sp³-hybridized carbons (Fsp3) is 0.304. The van der Waals surface area contributed by atoms with Gasteiger partial charge < -0.3 is 19.1 Å². The topological polar surface area (TPSA) is 75.0 Å².